The van der Waals surface area contributed by atoms with Gasteiger partial charge in [-0.25, -0.2) is 13.1 Å². The van der Waals surface area contributed by atoms with Gasteiger partial charge in [-0.15, -0.1) is 0 Å². The number of sulfonamides is 1. The molecule has 1 aromatic heterocycles. The van der Waals surface area contributed by atoms with E-state index in [9.17, 15) is 8.42 Å². The summed E-state index contributed by atoms with van der Waals surface area (Å²) in [6.45, 7) is 3.69. The third-order valence-corrected chi connectivity index (χ3v) is 5.03. The first-order valence-corrected chi connectivity index (χ1v) is 8.13. The molecule has 4 N–H and O–H groups in total. The predicted octanol–water partition coefficient (Wildman–Crippen LogP) is 1.85. The number of anilines is 1. The minimum Gasteiger partial charge on any atom is -0.398 e. The Bertz CT molecular complexity index is 740. The average molecular weight is 359 g/mol. The summed E-state index contributed by atoms with van der Waals surface area (Å²) in [7, 11) is -3.63. The van der Waals surface area contributed by atoms with E-state index in [1.165, 1.54) is 6.07 Å². The summed E-state index contributed by atoms with van der Waals surface area (Å²) in [5.74, 6) is 0. The Morgan fingerprint density at radius 1 is 1.40 bits per heavy atom. The van der Waals surface area contributed by atoms with Crippen LogP contribution in [-0.2, 0) is 16.6 Å². The van der Waals surface area contributed by atoms with Gasteiger partial charge in [0, 0.05) is 28.0 Å². The Labute approximate surface area is 125 Å². The number of halogens is 1. The first kappa shape index (κ1) is 15.0. The molecule has 1 aromatic carbocycles. The first-order chi connectivity index (χ1) is 9.31. The summed E-state index contributed by atoms with van der Waals surface area (Å²) in [6, 6.07) is 3.21. The van der Waals surface area contributed by atoms with Crippen molar-refractivity contribution in [2.24, 2.45) is 0 Å². The summed E-state index contributed by atoms with van der Waals surface area (Å²) in [5, 5.41) is 6.62. The molecule has 0 saturated carbocycles. The van der Waals surface area contributed by atoms with Crippen molar-refractivity contribution in [1.29, 1.82) is 0 Å². The highest BCUT2D eigenvalue weighted by atomic mass is 79.9. The molecule has 8 heteroatoms. The Morgan fingerprint density at radius 3 is 2.70 bits per heavy atom. The maximum atomic E-state index is 12.3. The van der Waals surface area contributed by atoms with Crippen molar-refractivity contribution in [1.82, 2.24) is 14.9 Å². The zero-order valence-corrected chi connectivity index (χ0v) is 13.5. The van der Waals surface area contributed by atoms with Crippen LogP contribution in [0.1, 0.15) is 16.8 Å². The number of benzene rings is 1. The highest BCUT2D eigenvalue weighted by Gasteiger charge is 2.19. The van der Waals surface area contributed by atoms with E-state index in [2.05, 4.69) is 30.8 Å². The van der Waals surface area contributed by atoms with Crippen LogP contribution in [0.15, 0.2) is 27.7 Å². The van der Waals surface area contributed by atoms with Crippen molar-refractivity contribution in [2.75, 3.05) is 5.73 Å². The molecule has 2 aromatic rings. The third-order valence-electron chi connectivity index (χ3n) is 3.04. The lowest BCUT2D eigenvalue weighted by atomic mass is 10.2. The number of rotatable bonds is 4. The van der Waals surface area contributed by atoms with Gasteiger partial charge in [0.05, 0.1) is 11.1 Å². The normalized spacial score (nSPS) is 11.8. The zero-order valence-electron chi connectivity index (χ0n) is 11.1. The lowest BCUT2D eigenvalue weighted by Gasteiger charge is -2.11. The Kier molecular flexibility index (Phi) is 4.17. The molecule has 0 aliphatic carbocycles. The first-order valence-electron chi connectivity index (χ1n) is 5.85. The van der Waals surface area contributed by atoms with Crippen LogP contribution in [0, 0.1) is 13.8 Å². The standard InChI is InChI=1S/C12H15BrN4O2S/c1-7-11(14)3-10(13)4-12(7)20(18,19)16-6-9-5-15-17-8(9)2/h3-5,16H,6,14H2,1-2H3,(H,15,17). The molecule has 0 spiro atoms. The summed E-state index contributed by atoms with van der Waals surface area (Å²) in [5.41, 5.74) is 8.39. The maximum absolute atomic E-state index is 12.3. The molecule has 108 valence electrons. The number of nitrogens with zero attached hydrogens (tertiary/aromatic N) is 1. The largest absolute Gasteiger partial charge is 0.398 e. The van der Waals surface area contributed by atoms with Gasteiger partial charge in [0.1, 0.15) is 0 Å². The van der Waals surface area contributed by atoms with Crippen LogP contribution >= 0.6 is 15.9 Å². The molecule has 2 rings (SSSR count). The van der Waals surface area contributed by atoms with Crippen molar-refractivity contribution in [2.45, 2.75) is 25.3 Å². The van der Waals surface area contributed by atoms with E-state index in [0.717, 1.165) is 11.3 Å². The molecule has 0 bridgehead atoms. The van der Waals surface area contributed by atoms with Gasteiger partial charge < -0.3 is 5.73 Å². The topological polar surface area (TPSA) is 101 Å². The number of nitrogens with one attached hydrogen (secondary N) is 2. The van der Waals surface area contributed by atoms with E-state index >= 15 is 0 Å². The van der Waals surface area contributed by atoms with Gasteiger partial charge in [-0.05, 0) is 31.5 Å². The van der Waals surface area contributed by atoms with Crippen LogP contribution in [-0.4, -0.2) is 18.6 Å². The number of aromatic nitrogens is 2. The van der Waals surface area contributed by atoms with Crippen LogP contribution < -0.4 is 10.5 Å². The minimum atomic E-state index is -3.63. The monoisotopic (exact) mass is 358 g/mol. The summed E-state index contributed by atoms with van der Waals surface area (Å²) in [6.07, 6.45) is 1.60. The van der Waals surface area contributed by atoms with Crippen LogP contribution in [0.5, 0.6) is 0 Å². The third kappa shape index (κ3) is 3.02. The van der Waals surface area contributed by atoms with E-state index in [4.69, 9.17) is 5.73 Å². The van der Waals surface area contributed by atoms with Crippen molar-refractivity contribution in [3.8, 4) is 0 Å². The molecule has 1 heterocycles. The molecule has 0 atom stereocenters. The molecule has 0 aliphatic heterocycles. The lowest BCUT2D eigenvalue weighted by Crippen LogP contribution is -2.24. The highest BCUT2D eigenvalue weighted by Crippen LogP contribution is 2.26. The Morgan fingerprint density at radius 2 is 2.10 bits per heavy atom. The Hall–Kier alpha value is -1.38. The molecule has 20 heavy (non-hydrogen) atoms. The van der Waals surface area contributed by atoms with Crippen LogP contribution in [0.3, 0.4) is 0 Å². The molecular formula is C12H15BrN4O2S. The van der Waals surface area contributed by atoms with E-state index in [-0.39, 0.29) is 11.4 Å². The van der Waals surface area contributed by atoms with Gasteiger partial charge in [0.15, 0.2) is 0 Å². The number of aryl methyl sites for hydroxylation is 1. The van der Waals surface area contributed by atoms with Crippen molar-refractivity contribution < 1.29 is 8.42 Å². The fourth-order valence-electron chi connectivity index (χ4n) is 1.76. The van der Waals surface area contributed by atoms with Gasteiger partial charge in [0.2, 0.25) is 10.0 Å². The molecular weight excluding hydrogens is 344 g/mol. The van der Waals surface area contributed by atoms with Crippen molar-refractivity contribution in [3.63, 3.8) is 0 Å². The predicted molar refractivity (Wildman–Crippen MR) is 80.6 cm³/mol. The van der Waals surface area contributed by atoms with Crippen LogP contribution in [0.25, 0.3) is 0 Å². The van der Waals surface area contributed by atoms with Crippen molar-refractivity contribution in [3.05, 3.63) is 39.6 Å². The molecule has 0 aliphatic rings. The van der Waals surface area contributed by atoms with E-state index in [1.807, 2.05) is 6.92 Å². The maximum Gasteiger partial charge on any atom is 0.241 e. The van der Waals surface area contributed by atoms with Gasteiger partial charge in [0.25, 0.3) is 0 Å². The molecule has 0 saturated heterocycles. The average Bonchev–Trinajstić information content (AvgIpc) is 2.77. The summed E-state index contributed by atoms with van der Waals surface area (Å²) < 4.78 is 27.9. The van der Waals surface area contributed by atoms with Gasteiger partial charge >= 0.3 is 0 Å². The zero-order chi connectivity index (χ0) is 14.9. The van der Waals surface area contributed by atoms with E-state index in [1.54, 1.807) is 19.2 Å². The van der Waals surface area contributed by atoms with Gasteiger partial charge in [-0.3, -0.25) is 5.10 Å². The Balaban J connectivity index is 2.29. The van der Waals surface area contributed by atoms with Crippen molar-refractivity contribution >= 4 is 31.6 Å². The summed E-state index contributed by atoms with van der Waals surface area (Å²) >= 11 is 3.25. The second-order valence-corrected chi connectivity index (χ2v) is 7.11. The number of H-pyrrole nitrogens is 1. The molecule has 0 amide bonds. The molecule has 6 nitrogen and oxygen atoms in total. The number of nitrogen functional groups attached to an aromatic ring is 1. The highest BCUT2D eigenvalue weighted by molar-refractivity contribution is 9.10. The minimum absolute atomic E-state index is 0.172. The molecule has 0 radical (unpaired) electrons. The number of hydrogen-bond acceptors (Lipinski definition) is 4. The second-order valence-electron chi connectivity index (χ2n) is 4.46. The van der Waals surface area contributed by atoms with Gasteiger partial charge in [-0.2, -0.15) is 5.10 Å². The quantitative estimate of drug-likeness (QED) is 0.725. The van der Waals surface area contributed by atoms with Crippen LogP contribution in [0.4, 0.5) is 5.69 Å². The number of nitrogens with two attached hydrogens (primary N) is 1. The number of hydrogen-bond donors (Lipinski definition) is 3. The molecule has 0 fully saturated rings. The fourth-order valence-corrected chi connectivity index (χ4v) is 3.69. The second kappa shape index (κ2) is 5.55. The smallest absolute Gasteiger partial charge is 0.241 e. The van der Waals surface area contributed by atoms with Crippen LogP contribution in [0.2, 0.25) is 0 Å². The number of aromatic amines is 1. The van der Waals surface area contributed by atoms with Gasteiger partial charge in [-0.1, -0.05) is 15.9 Å². The van der Waals surface area contributed by atoms with E-state index < -0.39 is 10.0 Å². The SMILES string of the molecule is Cc1[nH]ncc1CNS(=O)(=O)c1cc(Br)cc(N)c1C. The lowest BCUT2D eigenvalue weighted by molar-refractivity contribution is 0.580. The van der Waals surface area contributed by atoms with E-state index in [0.29, 0.717) is 15.7 Å². The molecule has 0 unspecified atom stereocenters. The summed E-state index contributed by atoms with van der Waals surface area (Å²) in [4.78, 5) is 0.172. The fraction of sp³-hybridized carbons (Fsp3) is 0.250.